The number of aromatic hydroxyl groups is 1. The second-order valence-electron chi connectivity index (χ2n) is 3.46. The average Bonchev–Trinajstić information content (AvgIpc) is 2.09. The van der Waals surface area contributed by atoms with Gasteiger partial charge in [0.1, 0.15) is 5.75 Å². The summed E-state index contributed by atoms with van der Waals surface area (Å²) in [4.78, 5) is 0. The lowest BCUT2D eigenvalue weighted by Gasteiger charge is -2.07. The number of hydrogen-bond acceptors (Lipinski definition) is 2. The monoisotopic (exact) mass is 179 g/mol. The molecule has 0 radical (unpaired) electrons. The van der Waals surface area contributed by atoms with E-state index in [-0.39, 0.29) is 0 Å². The number of rotatable bonds is 3. The normalized spacial score (nSPS) is 10.4. The third-order valence-corrected chi connectivity index (χ3v) is 2.35. The molecule has 1 aromatic rings. The van der Waals surface area contributed by atoms with E-state index < -0.39 is 0 Å². The molecule has 0 heterocycles. The summed E-state index contributed by atoms with van der Waals surface area (Å²) in [7, 11) is 0. The summed E-state index contributed by atoms with van der Waals surface area (Å²) in [6.07, 6.45) is 1.79. The summed E-state index contributed by atoms with van der Waals surface area (Å²) in [5.41, 5.74) is 8.78. The van der Waals surface area contributed by atoms with Crippen molar-refractivity contribution in [2.45, 2.75) is 26.7 Å². The highest BCUT2D eigenvalue weighted by molar-refractivity contribution is 5.40. The SMILES string of the molecule is Cc1cc(O)c(CCCN)cc1C. The van der Waals surface area contributed by atoms with E-state index in [4.69, 9.17) is 5.73 Å². The van der Waals surface area contributed by atoms with Crippen LogP contribution in [0.15, 0.2) is 12.1 Å². The fourth-order valence-electron chi connectivity index (χ4n) is 1.35. The zero-order chi connectivity index (χ0) is 9.84. The molecule has 0 bridgehead atoms. The molecular weight excluding hydrogens is 162 g/mol. The minimum absolute atomic E-state index is 0.400. The van der Waals surface area contributed by atoms with Gasteiger partial charge in [0.25, 0.3) is 0 Å². The Balaban J connectivity index is 2.88. The van der Waals surface area contributed by atoms with Crippen molar-refractivity contribution in [2.75, 3.05) is 6.54 Å². The summed E-state index contributed by atoms with van der Waals surface area (Å²) >= 11 is 0. The number of phenolic OH excluding ortho intramolecular Hbond substituents is 1. The van der Waals surface area contributed by atoms with Crippen LogP contribution in [0.3, 0.4) is 0 Å². The molecule has 0 amide bonds. The molecule has 0 saturated carbocycles. The Labute approximate surface area is 79.4 Å². The van der Waals surface area contributed by atoms with Crippen LogP contribution in [-0.2, 0) is 6.42 Å². The first-order chi connectivity index (χ1) is 6.15. The predicted molar refractivity (Wildman–Crippen MR) is 55.0 cm³/mol. The Morgan fingerprint density at radius 1 is 1.23 bits per heavy atom. The molecular formula is C11H17NO. The van der Waals surface area contributed by atoms with Gasteiger partial charge in [0.05, 0.1) is 0 Å². The van der Waals surface area contributed by atoms with E-state index in [0.29, 0.717) is 12.3 Å². The van der Waals surface area contributed by atoms with Gasteiger partial charge in [-0.05, 0) is 56.0 Å². The van der Waals surface area contributed by atoms with E-state index in [0.717, 1.165) is 24.0 Å². The van der Waals surface area contributed by atoms with Crippen molar-refractivity contribution < 1.29 is 5.11 Å². The standard InChI is InChI=1S/C11H17NO/c1-8-6-10(4-3-5-12)11(13)7-9(8)2/h6-7,13H,3-5,12H2,1-2H3. The van der Waals surface area contributed by atoms with Gasteiger partial charge in [0.2, 0.25) is 0 Å². The van der Waals surface area contributed by atoms with Crippen LogP contribution in [0.1, 0.15) is 23.1 Å². The second kappa shape index (κ2) is 4.28. The molecule has 0 aliphatic rings. The summed E-state index contributed by atoms with van der Waals surface area (Å²) < 4.78 is 0. The molecule has 0 atom stereocenters. The van der Waals surface area contributed by atoms with Gasteiger partial charge in [-0.15, -0.1) is 0 Å². The fourth-order valence-corrected chi connectivity index (χ4v) is 1.35. The summed E-state index contributed by atoms with van der Waals surface area (Å²) in [5, 5.41) is 9.60. The highest BCUT2D eigenvalue weighted by Crippen LogP contribution is 2.22. The lowest BCUT2D eigenvalue weighted by Crippen LogP contribution is -2.00. The van der Waals surface area contributed by atoms with Gasteiger partial charge in [-0.1, -0.05) is 6.07 Å². The largest absolute Gasteiger partial charge is 0.508 e. The molecule has 0 aromatic heterocycles. The number of hydrogen-bond donors (Lipinski definition) is 2. The van der Waals surface area contributed by atoms with Crippen LogP contribution in [0.2, 0.25) is 0 Å². The minimum atomic E-state index is 0.400. The van der Waals surface area contributed by atoms with Gasteiger partial charge >= 0.3 is 0 Å². The van der Waals surface area contributed by atoms with E-state index in [1.165, 1.54) is 5.56 Å². The Bertz CT molecular complexity index is 294. The summed E-state index contributed by atoms with van der Waals surface area (Å²) in [6.45, 7) is 4.73. The predicted octanol–water partition coefficient (Wildman–Crippen LogP) is 1.90. The lowest BCUT2D eigenvalue weighted by atomic mass is 10.0. The number of phenols is 1. The van der Waals surface area contributed by atoms with Gasteiger partial charge in [0, 0.05) is 0 Å². The van der Waals surface area contributed by atoms with Crippen molar-refractivity contribution in [3.63, 3.8) is 0 Å². The van der Waals surface area contributed by atoms with E-state index in [1.54, 1.807) is 0 Å². The maximum Gasteiger partial charge on any atom is 0.119 e. The van der Waals surface area contributed by atoms with E-state index in [1.807, 2.05) is 19.1 Å². The molecule has 0 fully saturated rings. The van der Waals surface area contributed by atoms with Crippen LogP contribution in [0, 0.1) is 13.8 Å². The van der Waals surface area contributed by atoms with E-state index in [9.17, 15) is 5.11 Å². The molecule has 0 spiro atoms. The molecule has 0 saturated heterocycles. The van der Waals surface area contributed by atoms with Gasteiger partial charge in [0.15, 0.2) is 0 Å². The Morgan fingerprint density at radius 3 is 2.46 bits per heavy atom. The van der Waals surface area contributed by atoms with Crippen LogP contribution < -0.4 is 5.73 Å². The summed E-state index contributed by atoms with van der Waals surface area (Å²) in [5.74, 6) is 0.400. The van der Waals surface area contributed by atoms with Crippen LogP contribution in [0.4, 0.5) is 0 Å². The average molecular weight is 179 g/mol. The molecule has 72 valence electrons. The Morgan fingerprint density at radius 2 is 1.85 bits per heavy atom. The van der Waals surface area contributed by atoms with Crippen molar-refractivity contribution in [3.8, 4) is 5.75 Å². The molecule has 2 heteroatoms. The van der Waals surface area contributed by atoms with E-state index >= 15 is 0 Å². The molecule has 0 aliphatic carbocycles. The van der Waals surface area contributed by atoms with Crippen molar-refractivity contribution in [1.82, 2.24) is 0 Å². The van der Waals surface area contributed by atoms with Crippen LogP contribution in [0.25, 0.3) is 0 Å². The first-order valence-electron chi connectivity index (χ1n) is 4.64. The second-order valence-corrected chi connectivity index (χ2v) is 3.46. The first kappa shape index (κ1) is 10.1. The smallest absolute Gasteiger partial charge is 0.119 e. The number of aryl methyl sites for hydroxylation is 3. The maximum absolute atomic E-state index is 9.60. The fraction of sp³-hybridized carbons (Fsp3) is 0.455. The lowest BCUT2D eigenvalue weighted by molar-refractivity contribution is 0.466. The quantitative estimate of drug-likeness (QED) is 0.744. The van der Waals surface area contributed by atoms with Gasteiger partial charge in [-0.3, -0.25) is 0 Å². The van der Waals surface area contributed by atoms with Crippen LogP contribution in [-0.4, -0.2) is 11.7 Å². The zero-order valence-corrected chi connectivity index (χ0v) is 8.30. The van der Waals surface area contributed by atoms with Crippen LogP contribution in [0.5, 0.6) is 5.75 Å². The topological polar surface area (TPSA) is 46.2 Å². The van der Waals surface area contributed by atoms with Crippen molar-refractivity contribution in [3.05, 3.63) is 28.8 Å². The summed E-state index contributed by atoms with van der Waals surface area (Å²) in [6, 6.07) is 3.86. The maximum atomic E-state index is 9.60. The Kier molecular flexibility index (Phi) is 3.32. The third kappa shape index (κ3) is 2.46. The van der Waals surface area contributed by atoms with Gasteiger partial charge < -0.3 is 10.8 Å². The molecule has 1 rings (SSSR count). The number of benzene rings is 1. The van der Waals surface area contributed by atoms with Crippen molar-refractivity contribution >= 4 is 0 Å². The molecule has 2 nitrogen and oxygen atoms in total. The highest BCUT2D eigenvalue weighted by Gasteiger charge is 2.03. The zero-order valence-electron chi connectivity index (χ0n) is 8.30. The molecule has 0 aliphatic heterocycles. The Hall–Kier alpha value is -1.02. The third-order valence-electron chi connectivity index (χ3n) is 2.35. The van der Waals surface area contributed by atoms with Gasteiger partial charge in [-0.25, -0.2) is 0 Å². The molecule has 0 unspecified atom stereocenters. The molecule has 1 aromatic carbocycles. The molecule has 13 heavy (non-hydrogen) atoms. The highest BCUT2D eigenvalue weighted by atomic mass is 16.3. The van der Waals surface area contributed by atoms with Crippen molar-refractivity contribution in [1.29, 1.82) is 0 Å². The minimum Gasteiger partial charge on any atom is -0.508 e. The first-order valence-corrected chi connectivity index (χ1v) is 4.64. The number of nitrogens with two attached hydrogens (primary N) is 1. The van der Waals surface area contributed by atoms with Gasteiger partial charge in [-0.2, -0.15) is 0 Å². The van der Waals surface area contributed by atoms with Crippen LogP contribution >= 0.6 is 0 Å². The molecule has 3 N–H and O–H groups in total. The van der Waals surface area contributed by atoms with E-state index in [2.05, 4.69) is 6.92 Å². The van der Waals surface area contributed by atoms with Crippen molar-refractivity contribution in [2.24, 2.45) is 5.73 Å².